The molecule has 0 aromatic carbocycles. The van der Waals surface area contributed by atoms with Crippen molar-refractivity contribution in [3.63, 3.8) is 0 Å². The Morgan fingerprint density at radius 1 is 1.35 bits per heavy atom. The average molecular weight is 337 g/mol. The fraction of sp³-hybridized carbons (Fsp3) is 0.722. The molecule has 1 aromatic rings. The first kappa shape index (κ1) is 16.9. The van der Waals surface area contributed by atoms with E-state index < -0.39 is 0 Å². The molecule has 1 saturated carbocycles. The van der Waals surface area contributed by atoms with Gasteiger partial charge >= 0.3 is 5.97 Å². The molecule has 128 valence electrons. The molecule has 0 spiro atoms. The molecule has 5 heteroatoms. The highest BCUT2D eigenvalue weighted by molar-refractivity contribution is 7.10. The molecule has 4 nitrogen and oxygen atoms in total. The SMILES string of the molecule is COC(=O)c1csc([C@H](C)C2CCC(N3CC(O)C3)CC2)c1C. The molecular formula is C18H27NO3S. The van der Waals surface area contributed by atoms with Gasteiger partial charge in [0, 0.05) is 29.4 Å². The number of nitrogens with zero attached hydrogens (tertiary/aromatic N) is 1. The number of carbonyl (C=O) groups is 1. The monoisotopic (exact) mass is 337 g/mol. The molecule has 1 N–H and O–H groups in total. The van der Waals surface area contributed by atoms with E-state index >= 15 is 0 Å². The molecule has 2 aliphatic rings. The van der Waals surface area contributed by atoms with Gasteiger partial charge in [-0.05, 0) is 50.0 Å². The van der Waals surface area contributed by atoms with Gasteiger partial charge in [-0.3, -0.25) is 4.90 Å². The molecule has 0 radical (unpaired) electrons. The summed E-state index contributed by atoms with van der Waals surface area (Å²) >= 11 is 1.70. The first-order chi connectivity index (χ1) is 11.0. The lowest BCUT2D eigenvalue weighted by Gasteiger charge is -2.45. The van der Waals surface area contributed by atoms with Gasteiger partial charge in [-0.25, -0.2) is 4.79 Å². The molecule has 1 aromatic heterocycles. The van der Waals surface area contributed by atoms with E-state index in [9.17, 15) is 9.90 Å². The fourth-order valence-electron chi connectivity index (χ4n) is 4.16. The van der Waals surface area contributed by atoms with Crippen LogP contribution in [0.15, 0.2) is 5.38 Å². The van der Waals surface area contributed by atoms with E-state index in [1.54, 1.807) is 11.3 Å². The maximum absolute atomic E-state index is 11.8. The number of hydrogen-bond donors (Lipinski definition) is 1. The molecular weight excluding hydrogens is 310 g/mol. The normalized spacial score (nSPS) is 27.5. The van der Waals surface area contributed by atoms with Crippen molar-refractivity contribution in [2.45, 2.75) is 57.6 Å². The van der Waals surface area contributed by atoms with Crippen molar-refractivity contribution in [1.29, 1.82) is 0 Å². The smallest absolute Gasteiger partial charge is 0.338 e. The standard InChI is InChI=1S/C18H27NO3S/c1-11(17-12(2)16(10-23-17)18(21)22-3)13-4-6-14(7-5-13)19-8-15(20)9-19/h10-11,13-15,20H,4-9H2,1-3H3/t11-,13?,14?/m1/s1. The summed E-state index contributed by atoms with van der Waals surface area (Å²) in [6, 6.07) is 0.664. The average Bonchev–Trinajstić information content (AvgIpc) is 2.92. The van der Waals surface area contributed by atoms with Crippen LogP contribution < -0.4 is 0 Å². The maximum atomic E-state index is 11.8. The Labute approximate surface area is 142 Å². The first-order valence-corrected chi connectivity index (χ1v) is 9.47. The molecule has 2 fully saturated rings. The number of thiophene rings is 1. The summed E-state index contributed by atoms with van der Waals surface area (Å²) in [7, 11) is 1.44. The highest BCUT2D eigenvalue weighted by Gasteiger charge is 2.35. The summed E-state index contributed by atoms with van der Waals surface area (Å²) in [6.07, 6.45) is 4.84. The lowest BCUT2D eigenvalue weighted by Crippen LogP contribution is -2.56. The van der Waals surface area contributed by atoms with Crippen LogP contribution >= 0.6 is 11.3 Å². The first-order valence-electron chi connectivity index (χ1n) is 8.59. The second-order valence-corrected chi connectivity index (χ2v) is 8.01. The number of methoxy groups -OCH3 is 1. The fourth-order valence-corrected chi connectivity index (χ4v) is 5.37. The van der Waals surface area contributed by atoms with E-state index in [1.165, 1.54) is 37.7 Å². The minimum Gasteiger partial charge on any atom is -0.465 e. The van der Waals surface area contributed by atoms with Crippen LogP contribution in [0.4, 0.5) is 0 Å². The number of esters is 1. The van der Waals surface area contributed by atoms with Crippen molar-refractivity contribution in [2.24, 2.45) is 5.92 Å². The van der Waals surface area contributed by atoms with Crippen molar-refractivity contribution in [3.05, 3.63) is 21.4 Å². The van der Waals surface area contributed by atoms with Crippen LogP contribution in [0.5, 0.6) is 0 Å². The van der Waals surface area contributed by atoms with Crippen LogP contribution in [0.1, 0.15) is 59.3 Å². The Balaban J connectivity index is 1.60. The number of ether oxygens (including phenoxy) is 1. The van der Waals surface area contributed by atoms with Crippen LogP contribution in [0.2, 0.25) is 0 Å². The minimum atomic E-state index is -0.225. The third kappa shape index (κ3) is 3.32. The Morgan fingerprint density at radius 2 is 2.00 bits per heavy atom. The molecule has 1 saturated heterocycles. The molecule has 0 bridgehead atoms. The number of likely N-dealkylation sites (tertiary alicyclic amines) is 1. The van der Waals surface area contributed by atoms with Crippen LogP contribution in [0.25, 0.3) is 0 Å². The highest BCUT2D eigenvalue weighted by atomic mass is 32.1. The van der Waals surface area contributed by atoms with E-state index in [2.05, 4.69) is 11.8 Å². The van der Waals surface area contributed by atoms with E-state index in [4.69, 9.17) is 4.74 Å². The molecule has 3 rings (SSSR count). The Morgan fingerprint density at radius 3 is 2.57 bits per heavy atom. The predicted octanol–water partition coefficient (Wildman–Crippen LogP) is 3.18. The maximum Gasteiger partial charge on any atom is 0.338 e. The van der Waals surface area contributed by atoms with Crippen molar-refractivity contribution in [2.75, 3.05) is 20.2 Å². The zero-order valence-corrected chi connectivity index (χ0v) is 15.1. The molecule has 1 aliphatic heterocycles. The van der Waals surface area contributed by atoms with Gasteiger partial charge in [-0.1, -0.05) is 6.92 Å². The Hall–Kier alpha value is -0.910. The van der Waals surface area contributed by atoms with Gasteiger partial charge in [0.05, 0.1) is 18.8 Å². The minimum absolute atomic E-state index is 0.0999. The zero-order chi connectivity index (χ0) is 16.6. The molecule has 1 atom stereocenters. The van der Waals surface area contributed by atoms with Gasteiger partial charge in [0.25, 0.3) is 0 Å². The Bertz CT molecular complexity index is 557. The highest BCUT2D eigenvalue weighted by Crippen LogP contribution is 2.41. The lowest BCUT2D eigenvalue weighted by molar-refractivity contribution is -0.0372. The lowest BCUT2D eigenvalue weighted by atomic mass is 9.77. The summed E-state index contributed by atoms with van der Waals surface area (Å²) in [4.78, 5) is 15.6. The van der Waals surface area contributed by atoms with Gasteiger partial charge < -0.3 is 9.84 Å². The van der Waals surface area contributed by atoms with Gasteiger partial charge in [0.2, 0.25) is 0 Å². The second-order valence-electron chi connectivity index (χ2n) is 7.10. The second kappa shape index (κ2) is 6.91. The number of rotatable bonds is 4. The quantitative estimate of drug-likeness (QED) is 0.857. The molecule has 23 heavy (non-hydrogen) atoms. The van der Waals surface area contributed by atoms with Crippen molar-refractivity contribution >= 4 is 17.3 Å². The molecule has 2 heterocycles. The number of hydrogen-bond acceptors (Lipinski definition) is 5. The van der Waals surface area contributed by atoms with E-state index in [1.807, 2.05) is 12.3 Å². The number of carbonyl (C=O) groups excluding carboxylic acids is 1. The number of β-amino-alcohol motifs (C(OH)–C–C–N with tert-alkyl or cyclic N) is 1. The van der Waals surface area contributed by atoms with Crippen molar-refractivity contribution in [3.8, 4) is 0 Å². The Kier molecular flexibility index (Phi) is 5.09. The number of aliphatic hydroxyl groups excluding tert-OH is 1. The molecule has 0 unspecified atom stereocenters. The summed E-state index contributed by atoms with van der Waals surface area (Å²) in [5.41, 5.74) is 1.82. The molecule has 0 amide bonds. The van der Waals surface area contributed by atoms with Gasteiger partial charge in [-0.2, -0.15) is 0 Å². The van der Waals surface area contributed by atoms with Gasteiger partial charge in [0.1, 0.15) is 0 Å². The predicted molar refractivity (Wildman–Crippen MR) is 92.1 cm³/mol. The summed E-state index contributed by atoms with van der Waals surface area (Å²) in [6.45, 7) is 6.06. The number of aliphatic hydroxyl groups is 1. The van der Waals surface area contributed by atoms with Gasteiger partial charge in [-0.15, -0.1) is 11.3 Å². The van der Waals surface area contributed by atoms with Crippen molar-refractivity contribution < 1.29 is 14.6 Å². The van der Waals surface area contributed by atoms with E-state index in [0.717, 1.165) is 24.2 Å². The summed E-state index contributed by atoms with van der Waals surface area (Å²) < 4.78 is 4.87. The zero-order valence-electron chi connectivity index (χ0n) is 14.2. The van der Waals surface area contributed by atoms with Crippen LogP contribution in [0, 0.1) is 12.8 Å². The van der Waals surface area contributed by atoms with Crippen molar-refractivity contribution in [1.82, 2.24) is 4.90 Å². The summed E-state index contributed by atoms with van der Waals surface area (Å²) in [5, 5.41) is 11.4. The molecule has 1 aliphatic carbocycles. The van der Waals surface area contributed by atoms with E-state index in [-0.39, 0.29) is 12.1 Å². The third-order valence-electron chi connectivity index (χ3n) is 5.75. The summed E-state index contributed by atoms with van der Waals surface area (Å²) in [5.74, 6) is 0.971. The van der Waals surface area contributed by atoms with Crippen LogP contribution in [0.3, 0.4) is 0 Å². The third-order valence-corrected chi connectivity index (χ3v) is 7.04. The topological polar surface area (TPSA) is 49.8 Å². The van der Waals surface area contributed by atoms with E-state index in [0.29, 0.717) is 17.9 Å². The largest absolute Gasteiger partial charge is 0.465 e. The van der Waals surface area contributed by atoms with Crippen LogP contribution in [-0.2, 0) is 4.74 Å². The van der Waals surface area contributed by atoms with Gasteiger partial charge in [0.15, 0.2) is 0 Å². The van der Waals surface area contributed by atoms with Crippen LogP contribution in [-0.4, -0.2) is 48.3 Å².